The van der Waals surface area contributed by atoms with Crippen LogP contribution < -0.4 is 5.32 Å². The fourth-order valence-electron chi connectivity index (χ4n) is 1.47. The Morgan fingerprint density at radius 1 is 1.43 bits per heavy atom. The normalized spacial score (nSPS) is 12.1. The van der Waals surface area contributed by atoms with Gasteiger partial charge in [-0.05, 0) is 27.2 Å². The number of aromatic nitrogens is 2. The van der Waals surface area contributed by atoms with E-state index in [1.165, 1.54) is 11.3 Å². The van der Waals surface area contributed by atoms with Crippen molar-refractivity contribution in [3.05, 3.63) is 17.5 Å². The second-order valence-electron chi connectivity index (χ2n) is 4.70. The second kappa shape index (κ2) is 4.13. The van der Waals surface area contributed by atoms with Gasteiger partial charge in [-0.1, -0.05) is 6.92 Å². The van der Waals surface area contributed by atoms with Gasteiger partial charge in [-0.3, -0.25) is 4.68 Å². The lowest BCUT2D eigenvalue weighted by atomic mass is 10.1. The lowest BCUT2D eigenvalue weighted by Crippen LogP contribution is -2.35. The first-order valence-electron chi connectivity index (χ1n) is 5.19. The molecule has 1 rings (SSSR count). The van der Waals surface area contributed by atoms with Crippen LogP contribution in [0.5, 0.6) is 0 Å². The highest BCUT2D eigenvalue weighted by molar-refractivity contribution is 5.17. The summed E-state index contributed by atoms with van der Waals surface area (Å²) in [5, 5.41) is 7.74. The van der Waals surface area contributed by atoms with E-state index in [4.69, 9.17) is 0 Å². The topological polar surface area (TPSA) is 29.9 Å². The molecule has 0 spiro atoms. The van der Waals surface area contributed by atoms with Gasteiger partial charge in [0.25, 0.3) is 0 Å². The van der Waals surface area contributed by atoms with Gasteiger partial charge in [-0.25, -0.2) is 0 Å². The molecule has 3 heteroatoms. The predicted molar refractivity (Wildman–Crippen MR) is 59.2 cm³/mol. The fraction of sp³-hybridized carbons (Fsp3) is 0.727. The third-order valence-electron chi connectivity index (χ3n) is 2.29. The van der Waals surface area contributed by atoms with E-state index in [2.05, 4.69) is 38.1 Å². The van der Waals surface area contributed by atoms with Crippen molar-refractivity contribution in [3.63, 3.8) is 0 Å². The molecule has 0 unspecified atom stereocenters. The van der Waals surface area contributed by atoms with E-state index < -0.39 is 0 Å². The Bertz CT molecular complexity index is 294. The summed E-state index contributed by atoms with van der Waals surface area (Å²) in [6.45, 7) is 9.59. The zero-order valence-corrected chi connectivity index (χ0v) is 9.89. The van der Waals surface area contributed by atoms with Gasteiger partial charge in [-0.2, -0.15) is 5.10 Å². The van der Waals surface area contributed by atoms with E-state index in [1.807, 2.05) is 17.9 Å². The molecule has 1 heterocycles. The Balaban J connectivity index is 2.67. The summed E-state index contributed by atoms with van der Waals surface area (Å²) in [6.07, 6.45) is 3.00. The zero-order valence-electron chi connectivity index (χ0n) is 9.89. The average molecular weight is 195 g/mol. The van der Waals surface area contributed by atoms with Crippen LogP contribution in [0, 0.1) is 0 Å². The highest BCUT2D eigenvalue weighted by atomic mass is 15.3. The predicted octanol–water partition coefficient (Wildman–Crippen LogP) is 1.87. The van der Waals surface area contributed by atoms with Crippen LogP contribution in [0.3, 0.4) is 0 Å². The Hall–Kier alpha value is -0.830. The monoisotopic (exact) mass is 195 g/mol. The first kappa shape index (κ1) is 11.2. The van der Waals surface area contributed by atoms with Crippen LogP contribution >= 0.6 is 0 Å². The van der Waals surface area contributed by atoms with Crippen molar-refractivity contribution in [2.24, 2.45) is 7.05 Å². The van der Waals surface area contributed by atoms with Crippen LogP contribution in [0.2, 0.25) is 0 Å². The van der Waals surface area contributed by atoms with Crippen molar-refractivity contribution in [3.8, 4) is 0 Å². The van der Waals surface area contributed by atoms with E-state index >= 15 is 0 Å². The quantitative estimate of drug-likeness (QED) is 0.798. The molecule has 80 valence electrons. The Kier molecular flexibility index (Phi) is 3.32. The maximum absolute atomic E-state index is 4.26. The molecule has 0 aliphatic rings. The number of hydrogen-bond donors (Lipinski definition) is 1. The molecule has 0 radical (unpaired) electrons. The molecule has 0 aliphatic heterocycles. The number of nitrogens with one attached hydrogen (secondary N) is 1. The summed E-state index contributed by atoms with van der Waals surface area (Å²) in [5.41, 5.74) is 2.80. The maximum atomic E-state index is 4.26. The van der Waals surface area contributed by atoms with Crippen molar-refractivity contribution in [1.82, 2.24) is 15.1 Å². The molecule has 0 bridgehead atoms. The van der Waals surface area contributed by atoms with E-state index in [9.17, 15) is 0 Å². The molecular weight excluding hydrogens is 174 g/mol. The molecule has 14 heavy (non-hydrogen) atoms. The van der Waals surface area contributed by atoms with Crippen LogP contribution in [-0.2, 0) is 20.0 Å². The summed E-state index contributed by atoms with van der Waals surface area (Å²) in [7, 11) is 2.00. The molecular formula is C11H21N3. The van der Waals surface area contributed by atoms with Crippen LogP contribution in [0.15, 0.2) is 6.20 Å². The third-order valence-corrected chi connectivity index (χ3v) is 2.29. The van der Waals surface area contributed by atoms with Crippen molar-refractivity contribution < 1.29 is 0 Å². The molecule has 0 atom stereocenters. The Morgan fingerprint density at radius 2 is 2.07 bits per heavy atom. The molecule has 1 aromatic rings. The van der Waals surface area contributed by atoms with Gasteiger partial charge < -0.3 is 5.32 Å². The number of nitrogens with zero attached hydrogens (tertiary/aromatic N) is 2. The number of aryl methyl sites for hydroxylation is 1. The summed E-state index contributed by atoms with van der Waals surface area (Å²) in [5.74, 6) is 0. The van der Waals surface area contributed by atoms with E-state index in [0.29, 0.717) is 0 Å². The van der Waals surface area contributed by atoms with Crippen LogP contribution in [0.4, 0.5) is 0 Å². The largest absolute Gasteiger partial charge is 0.308 e. The van der Waals surface area contributed by atoms with Crippen LogP contribution in [0.25, 0.3) is 0 Å². The van der Waals surface area contributed by atoms with Crippen molar-refractivity contribution in [2.75, 3.05) is 0 Å². The lowest BCUT2D eigenvalue weighted by molar-refractivity contribution is 0.423. The molecule has 3 nitrogen and oxygen atoms in total. The molecule has 0 fully saturated rings. The first-order chi connectivity index (χ1) is 6.44. The van der Waals surface area contributed by atoms with E-state index in [1.54, 1.807) is 0 Å². The summed E-state index contributed by atoms with van der Waals surface area (Å²) >= 11 is 0. The van der Waals surface area contributed by atoms with Gasteiger partial charge in [0.2, 0.25) is 0 Å². The number of rotatable bonds is 3. The van der Waals surface area contributed by atoms with Gasteiger partial charge in [0.15, 0.2) is 0 Å². The average Bonchev–Trinajstić information content (AvgIpc) is 2.41. The third kappa shape index (κ3) is 2.84. The highest BCUT2D eigenvalue weighted by Crippen LogP contribution is 2.09. The SMILES string of the molecule is CCc1c(CNC(C)(C)C)cnn1C. The molecule has 1 aromatic heterocycles. The first-order valence-corrected chi connectivity index (χ1v) is 5.19. The molecule has 0 amide bonds. The Labute approximate surface area is 86.5 Å². The highest BCUT2D eigenvalue weighted by Gasteiger charge is 2.11. The second-order valence-corrected chi connectivity index (χ2v) is 4.70. The smallest absolute Gasteiger partial charge is 0.0537 e. The number of hydrogen-bond acceptors (Lipinski definition) is 2. The minimum Gasteiger partial charge on any atom is -0.308 e. The van der Waals surface area contributed by atoms with Gasteiger partial charge in [-0.15, -0.1) is 0 Å². The Morgan fingerprint density at radius 3 is 2.57 bits per heavy atom. The van der Waals surface area contributed by atoms with E-state index in [-0.39, 0.29) is 5.54 Å². The fourth-order valence-corrected chi connectivity index (χ4v) is 1.47. The van der Waals surface area contributed by atoms with Gasteiger partial charge in [0, 0.05) is 30.4 Å². The van der Waals surface area contributed by atoms with Gasteiger partial charge in [0.05, 0.1) is 6.20 Å². The zero-order chi connectivity index (χ0) is 10.8. The van der Waals surface area contributed by atoms with Gasteiger partial charge >= 0.3 is 0 Å². The molecule has 0 saturated carbocycles. The maximum Gasteiger partial charge on any atom is 0.0537 e. The summed E-state index contributed by atoms with van der Waals surface area (Å²) in [6, 6.07) is 0. The van der Waals surface area contributed by atoms with Crippen LogP contribution in [-0.4, -0.2) is 15.3 Å². The van der Waals surface area contributed by atoms with Crippen molar-refractivity contribution >= 4 is 0 Å². The standard InChI is InChI=1S/C11H21N3/c1-6-10-9(8-13-14(10)5)7-12-11(2,3)4/h8,12H,6-7H2,1-5H3. The molecule has 0 saturated heterocycles. The molecule has 0 aromatic carbocycles. The molecule has 0 aliphatic carbocycles. The minimum atomic E-state index is 0.168. The van der Waals surface area contributed by atoms with Crippen molar-refractivity contribution in [1.29, 1.82) is 0 Å². The molecule has 1 N–H and O–H groups in total. The lowest BCUT2D eigenvalue weighted by Gasteiger charge is -2.20. The summed E-state index contributed by atoms with van der Waals surface area (Å²) in [4.78, 5) is 0. The van der Waals surface area contributed by atoms with Crippen molar-refractivity contribution in [2.45, 2.75) is 46.2 Å². The summed E-state index contributed by atoms with van der Waals surface area (Å²) < 4.78 is 1.96. The minimum absolute atomic E-state index is 0.168. The van der Waals surface area contributed by atoms with E-state index in [0.717, 1.165) is 13.0 Å². The van der Waals surface area contributed by atoms with Gasteiger partial charge in [0.1, 0.15) is 0 Å². The van der Waals surface area contributed by atoms with Crippen LogP contribution in [0.1, 0.15) is 39.0 Å².